The van der Waals surface area contributed by atoms with Gasteiger partial charge in [-0.15, -0.1) is 0 Å². The van der Waals surface area contributed by atoms with Gasteiger partial charge in [0.15, 0.2) is 0 Å². The van der Waals surface area contributed by atoms with Crippen LogP contribution in [0.4, 0.5) is 0 Å². The summed E-state index contributed by atoms with van der Waals surface area (Å²) in [5, 5.41) is 7.61. The second-order valence-corrected chi connectivity index (χ2v) is 4.68. The molecule has 1 aromatic heterocycles. The number of hydrogen-bond donors (Lipinski definition) is 1. The number of nitrogens with zero attached hydrogens (tertiary/aromatic N) is 3. The zero-order valence-electron chi connectivity index (χ0n) is 11.0. The van der Waals surface area contributed by atoms with Crippen molar-refractivity contribution in [2.24, 2.45) is 0 Å². The number of rotatable bonds is 8. The van der Waals surface area contributed by atoms with E-state index in [2.05, 4.69) is 17.3 Å². The molecule has 0 atom stereocenters. The summed E-state index contributed by atoms with van der Waals surface area (Å²) < 4.78 is 1.74. The lowest BCUT2D eigenvalue weighted by Crippen LogP contribution is -2.38. The van der Waals surface area contributed by atoms with Crippen LogP contribution in [0.25, 0.3) is 0 Å². The van der Waals surface area contributed by atoms with Gasteiger partial charge < -0.3 is 5.32 Å². The first-order valence-corrected chi connectivity index (χ1v) is 6.70. The Labute approximate surface area is 113 Å². The molecule has 0 radical (unpaired) electrons. The average Bonchev–Trinajstić information content (AvgIpc) is 2.72. The van der Waals surface area contributed by atoms with Crippen molar-refractivity contribution in [3.8, 4) is 0 Å². The molecule has 18 heavy (non-hydrogen) atoms. The monoisotopic (exact) mass is 272 g/mol. The quantitative estimate of drug-likeness (QED) is 0.784. The molecular weight excluding hydrogens is 252 g/mol. The van der Waals surface area contributed by atoms with Crippen molar-refractivity contribution in [3.05, 3.63) is 17.4 Å². The lowest BCUT2D eigenvalue weighted by molar-refractivity contribution is -0.122. The zero-order chi connectivity index (χ0) is 13.4. The minimum Gasteiger partial charge on any atom is -0.355 e. The highest BCUT2D eigenvalue weighted by Gasteiger charge is 2.10. The minimum atomic E-state index is 0.0588. The van der Waals surface area contributed by atoms with E-state index in [0.717, 1.165) is 25.9 Å². The molecular formula is C12H21ClN4O. The second-order valence-electron chi connectivity index (χ2n) is 4.24. The van der Waals surface area contributed by atoms with Gasteiger partial charge in [-0.3, -0.25) is 14.4 Å². The molecule has 0 unspecified atom stereocenters. The van der Waals surface area contributed by atoms with Gasteiger partial charge >= 0.3 is 0 Å². The molecule has 102 valence electrons. The molecule has 6 heteroatoms. The number of halogens is 1. The van der Waals surface area contributed by atoms with Crippen molar-refractivity contribution in [1.82, 2.24) is 20.0 Å². The highest BCUT2D eigenvalue weighted by atomic mass is 35.5. The van der Waals surface area contributed by atoms with Crippen molar-refractivity contribution in [3.63, 3.8) is 0 Å². The van der Waals surface area contributed by atoms with Crippen molar-refractivity contribution >= 4 is 17.5 Å². The number of carbonyl (C=O) groups excluding carboxylic acids is 1. The first kappa shape index (κ1) is 15.0. The average molecular weight is 273 g/mol. The third kappa shape index (κ3) is 5.51. The van der Waals surface area contributed by atoms with E-state index in [1.807, 2.05) is 11.8 Å². The fraction of sp³-hybridized carbons (Fsp3) is 0.667. The normalized spacial score (nSPS) is 10.9. The number of nitrogens with one attached hydrogen (secondary N) is 1. The van der Waals surface area contributed by atoms with E-state index in [1.165, 1.54) is 0 Å². The van der Waals surface area contributed by atoms with E-state index in [-0.39, 0.29) is 5.91 Å². The van der Waals surface area contributed by atoms with Crippen molar-refractivity contribution < 1.29 is 4.79 Å². The Balaban J connectivity index is 2.46. The molecule has 0 saturated heterocycles. The molecule has 1 amide bonds. The predicted molar refractivity (Wildman–Crippen MR) is 72.4 cm³/mol. The van der Waals surface area contributed by atoms with Crippen LogP contribution in [0.15, 0.2) is 12.4 Å². The standard InChI is InChI=1S/C12H21ClN4O/c1-3-5-14-12(18)9-16(6-4-2)10-17-8-11(13)7-15-17/h7-8H,3-6,9-10H2,1-2H3,(H,14,18). The Kier molecular flexibility index (Phi) is 6.75. The summed E-state index contributed by atoms with van der Waals surface area (Å²) in [7, 11) is 0. The summed E-state index contributed by atoms with van der Waals surface area (Å²) in [5.74, 6) is 0.0588. The largest absolute Gasteiger partial charge is 0.355 e. The summed E-state index contributed by atoms with van der Waals surface area (Å²) >= 11 is 5.81. The van der Waals surface area contributed by atoms with E-state index in [4.69, 9.17) is 11.6 Å². The Hall–Kier alpha value is -1.07. The molecule has 0 aliphatic rings. The molecule has 1 heterocycles. The smallest absolute Gasteiger partial charge is 0.234 e. The van der Waals surface area contributed by atoms with Gasteiger partial charge in [0, 0.05) is 19.3 Å². The van der Waals surface area contributed by atoms with Crippen LogP contribution in [0, 0.1) is 0 Å². The minimum absolute atomic E-state index is 0.0588. The molecule has 0 spiro atoms. The first-order chi connectivity index (χ1) is 8.65. The molecule has 0 fully saturated rings. The Bertz CT molecular complexity index is 367. The van der Waals surface area contributed by atoms with E-state index in [0.29, 0.717) is 18.2 Å². The molecule has 1 aromatic rings. The fourth-order valence-corrected chi connectivity index (χ4v) is 1.82. The van der Waals surface area contributed by atoms with Gasteiger partial charge in [-0.05, 0) is 12.8 Å². The summed E-state index contributed by atoms with van der Waals surface area (Å²) in [6, 6.07) is 0. The lowest BCUT2D eigenvalue weighted by atomic mass is 10.4. The van der Waals surface area contributed by atoms with Gasteiger partial charge in [0.25, 0.3) is 0 Å². The third-order valence-electron chi connectivity index (χ3n) is 2.43. The van der Waals surface area contributed by atoms with Crippen LogP contribution in [0.1, 0.15) is 26.7 Å². The van der Waals surface area contributed by atoms with Crippen LogP contribution < -0.4 is 5.32 Å². The van der Waals surface area contributed by atoms with Gasteiger partial charge in [0.2, 0.25) is 5.91 Å². The topological polar surface area (TPSA) is 50.2 Å². The maximum Gasteiger partial charge on any atom is 0.234 e. The maximum atomic E-state index is 11.7. The van der Waals surface area contributed by atoms with E-state index < -0.39 is 0 Å². The van der Waals surface area contributed by atoms with Crippen LogP contribution in [-0.2, 0) is 11.5 Å². The van der Waals surface area contributed by atoms with E-state index in [1.54, 1.807) is 17.1 Å². The fourth-order valence-electron chi connectivity index (χ4n) is 1.66. The van der Waals surface area contributed by atoms with E-state index in [9.17, 15) is 4.79 Å². The molecule has 1 rings (SSSR count). The summed E-state index contributed by atoms with van der Waals surface area (Å²) in [4.78, 5) is 13.7. The van der Waals surface area contributed by atoms with Crippen molar-refractivity contribution in [1.29, 1.82) is 0 Å². The third-order valence-corrected chi connectivity index (χ3v) is 2.62. The van der Waals surface area contributed by atoms with Crippen molar-refractivity contribution in [2.45, 2.75) is 33.4 Å². The SMILES string of the molecule is CCCNC(=O)CN(CCC)Cn1cc(Cl)cn1. The zero-order valence-corrected chi connectivity index (χ0v) is 11.8. The van der Waals surface area contributed by atoms with Crippen LogP contribution in [0.5, 0.6) is 0 Å². The van der Waals surface area contributed by atoms with Crippen LogP contribution in [0.3, 0.4) is 0 Å². The van der Waals surface area contributed by atoms with Gasteiger partial charge in [0.05, 0.1) is 24.4 Å². The Morgan fingerprint density at radius 1 is 1.50 bits per heavy atom. The molecule has 0 saturated carbocycles. The first-order valence-electron chi connectivity index (χ1n) is 6.32. The Morgan fingerprint density at radius 2 is 2.28 bits per heavy atom. The predicted octanol–water partition coefficient (Wildman–Crippen LogP) is 1.73. The van der Waals surface area contributed by atoms with Gasteiger partial charge in [-0.2, -0.15) is 5.10 Å². The number of hydrogen-bond acceptors (Lipinski definition) is 3. The molecule has 5 nitrogen and oxygen atoms in total. The van der Waals surface area contributed by atoms with Gasteiger partial charge in [0.1, 0.15) is 0 Å². The second kappa shape index (κ2) is 8.11. The van der Waals surface area contributed by atoms with Gasteiger partial charge in [-0.25, -0.2) is 0 Å². The van der Waals surface area contributed by atoms with E-state index >= 15 is 0 Å². The summed E-state index contributed by atoms with van der Waals surface area (Å²) in [6.45, 7) is 6.69. The number of amides is 1. The molecule has 0 bridgehead atoms. The molecule has 1 N–H and O–H groups in total. The van der Waals surface area contributed by atoms with Gasteiger partial charge in [-0.1, -0.05) is 25.4 Å². The van der Waals surface area contributed by atoms with Crippen molar-refractivity contribution in [2.75, 3.05) is 19.6 Å². The molecule has 0 aliphatic heterocycles. The summed E-state index contributed by atoms with van der Waals surface area (Å²) in [6.07, 6.45) is 5.31. The molecule has 0 aliphatic carbocycles. The Morgan fingerprint density at radius 3 is 2.83 bits per heavy atom. The highest BCUT2D eigenvalue weighted by molar-refractivity contribution is 6.30. The maximum absolute atomic E-state index is 11.7. The number of carbonyl (C=O) groups is 1. The van der Waals surface area contributed by atoms with Crippen LogP contribution >= 0.6 is 11.6 Å². The number of aromatic nitrogens is 2. The molecule has 0 aromatic carbocycles. The lowest BCUT2D eigenvalue weighted by Gasteiger charge is -2.20. The van der Waals surface area contributed by atoms with Crippen LogP contribution in [0.2, 0.25) is 5.02 Å². The summed E-state index contributed by atoms with van der Waals surface area (Å²) in [5.41, 5.74) is 0. The highest BCUT2D eigenvalue weighted by Crippen LogP contribution is 2.05. The van der Waals surface area contributed by atoms with Crippen LogP contribution in [-0.4, -0.2) is 40.2 Å².